The number of benzene rings is 2. The molecule has 0 saturated carbocycles. The van der Waals surface area contributed by atoms with Crippen LogP contribution in [0.2, 0.25) is 0 Å². The van der Waals surface area contributed by atoms with Crippen molar-refractivity contribution >= 4 is 12.0 Å². The molecule has 2 aromatic rings. The van der Waals surface area contributed by atoms with Crippen LogP contribution in [0.1, 0.15) is 31.4 Å². The average molecular weight is 408 g/mol. The zero-order valence-corrected chi connectivity index (χ0v) is 16.7. The number of carbonyl (C=O) groups is 2. The molecule has 156 valence electrons. The molecule has 30 heavy (non-hydrogen) atoms. The van der Waals surface area contributed by atoms with Crippen LogP contribution in [0.5, 0.6) is 11.5 Å². The number of rotatable bonds is 6. The first-order valence-corrected chi connectivity index (χ1v) is 10.00. The fourth-order valence-electron chi connectivity index (χ4n) is 3.62. The molecule has 4 rings (SSSR count). The molecule has 0 bridgehead atoms. The van der Waals surface area contributed by atoms with Crippen LogP contribution in [0.4, 0.5) is 4.79 Å². The quantitative estimate of drug-likeness (QED) is 0.710. The molecule has 1 fully saturated rings. The molecule has 7 heteroatoms. The molecule has 2 N–H and O–H groups in total. The first-order chi connectivity index (χ1) is 14.6. The van der Waals surface area contributed by atoms with Crippen molar-refractivity contribution in [3.05, 3.63) is 71.4 Å². The van der Waals surface area contributed by atoms with Crippen LogP contribution in [0.15, 0.2) is 65.9 Å². The third-order valence-electron chi connectivity index (χ3n) is 5.08. The van der Waals surface area contributed by atoms with Gasteiger partial charge in [0.2, 0.25) is 0 Å². The number of hydrogen-bond donors (Lipinski definition) is 2. The molecule has 0 radical (unpaired) electrons. The lowest BCUT2D eigenvalue weighted by Gasteiger charge is -2.28. The summed E-state index contributed by atoms with van der Waals surface area (Å²) in [5.74, 6) is 0.831. The maximum absolute atomic E-state index is 12.9. The Morgan fingerprint density at radius 2 is 1.93 bits per heavy atom. The summed E-state index contributed by atoms with van der Waals surface area (Å²) in [6.45, 7) is 2.59. The molecule has 1 saturated heterocycles. The number of allylic oxidation sites excluding steroid dienone is 1. The van der Waals surface area contributed by atoms with Gasteiger partial charge in [-0.3, -0.25) is 0 Å². The molecule has 2 atom stereocenters. The number of para-hydroxylation sites is 1. The van der Waals surface area contributed by atoms with Crippen LogP contribution in [0.25, 0.3) is 0 Å². The molecular weight excluding hydrogens is 384 g/mol. The lowest BCUT2D eigenvalue weighted by atomic mass is 9.95. The van der Waals surface area contributed by atoms with Crippen molar-refractivity contribution in [2.24, 2.45) is 0 Å². The topological polar surface area (TPSA) is 85.9 Å². The fourth-order valence-corrected chi connectivity index (χ4v) is 3.62. The largest absolute Gasteiger partial charge is 0.459 e. The Kier molecular flexibility index (Phi) is 5.99. The second kappa shape index (κ2) is 9.00. The second-order valence-corrected chi connectivity index (χ2v) is 7.29. The minimum absolute atomic E-state index is 0.0675. The van der Waals surface area contributed by atoms with Crippen molar-refractivity contribution in [2.45, 2.75) is 31.9 Å². The van der Waals surface area contributed by atoms with E-state index in [1.807, 2.05) is 54.6 Å². The summed E-state index contributed by atoms with van der Waals surface area (Å²) in [5.41, 5.74) is 1.56. The first kappa shape index (κ1) is 20.0. The van der Waals surface area contributed by atoms with E-state index < -0.39 is 12.0 Å². The molecule has 0 aliphatic carbocycles. The summed E-state index contributed by atoms with van der Waals surface area (Å²) in [6, 6.07) is 15.7. The van der Waals surface area contributed by atoms with Gasteiger partial charge in [0.1, 0.15) is 18.1 Å². The molecule has 2 aliphatic heterocycles. The van der Waals surface area contributed by atoms with Gasteiger partial charge >= 0.3 is 12.0 Å². The summed E-state index contributed by atoms with van der Waals surface area (Å²) in [4.78, 5) is 25.0. The highest BCUT2D eigenvalue weighted by Gasteiger charge is 2.33. The van der Waals surface area contributed by atoms with E-state index in [9.17, 15) is 9.59 Å². The van der Waals surface area contributed by atoms with Crippen molar-refractivity contribution in [2.75, 3.05) is 13.2 Å². The Morgan fingerprint density at radius 1 is 1.13 bits per heavy atom. The molecule has 2 heterocycles. The van der Waals surface area contributed by atoms with Crippen LogP contribution >= 0.6 is 0 Å². The van der Waals surface area contributed by atoms with Crippen molar-refractivity contribution in [3.8, 4) is 11.5 Å². The summed E-state index contributed by atoms with van der Waals surface area (Å²) in [5, 5.41) is 5.48. The number of amides is 2. The van der Waals surface area contributed by atoms with Gasteiger partial charge in [0, 0.05) is 12.3 Å². The van der Waals surface area contributed by atoms with Crippen molar-refractivity contribution in [1.82, 2.24) is 10.6 Å². The van der Waals surface area contributed by atoms with E-state index in [2.05, 4.69) is 10.6 Å². The van der Waals surface area contributed by atoms with E-state index in [0.717, 1.165) is 18.4 Å². The fraction of sp³-hybridized carbons (Fsp3) is 0.304. The van der Waals surface area contributed by atoms with Gasteiger partial charge in [0.25, 0.3) is 0 Å². The maximum Gasteiger partial charge on any atom is 0.338 e. The van der Waals surface area contributed by atoms with E-state index >= 15 is 0 Å². The van der Waals surface area contributed by atoms with Gasteiger partial charge < -0.3 is 24.8 Å². The highest BCUT2D eigenvalue weighted by molar-refractivity contribution is 5.95. The minimum Gasteiger partial charge on any atom is -0.459 e. The number of carbonyl (C=O) groups excluding carboxylic acids is 2. The number of esters is 1. The van der Waals surface area contributed by atoms with E-state index in [1.54, 1.807) is 6.92 Å². The lowest BCUT2D eigenvalue weighted by molar-refractivity contribution is -0.142. The van der Waals surface area contributed by atoms with E-state index in [-0.39, 0.29) is 18.7 Å². The molecule has 0 aromatic heterocycles. The second-order valence-electron chi connectivity index (χ2n) is 7.29. The lowest BCUT2D eigenvalue weighted by Crippen LogP contribution is -2.45. The molecule has 7 nitrogen and oxygen atoms in total. The van der Waals surface area contributed by atoms with Crippen molar-refractivity contribution in [1.29, 1.82) is 0 Å². The van der Waals surface area contributed by atoms with Gasteiger partial charge in [-0.05, 0) is 49.6 Å². The number of urea groups is 1. The van der Waals surface area contributed by atoms with Crippen molar-refractivity contribution < 1.29 is 23.8 Å². The summed E-state index contributed by atoms with van der Waals surface area (Å²) in [6.07, 6.45) is 1.78. The minimum atomic E-state index is -0.643. The highest BCUT2D eigenvalue weighted by Crippen LogP contribution is 2.31. The SMILES string of the molecule is CC1=C(C(=O)OC[C@H]2CCCO2)[C@@H](c2cccc(Oc3ccccc3)c2)NC(=O)N1. The maximum atomic E-state index is 12.9. The van der Waals surface area contributed by atoms with Crippen LogP contribution in [-0.4, -0.2) is 31.3 Å². The van der Waals surface area contributed by atoms with Gasteiger partial charge in [-0.15, -0.1) is 0 Å². The van der Waals surface area contributed by atoms with Gasteiger partial charge in [0.15, 0.2) is 0 Å². The van der Waals surface area contributed by atoms with Gasteiger partial charge in [-0.1, -0.05) is 30.3 Å². The molecular formula is C23H24N2O5. The zero-order valence-electron chi connectivity index (χ0n) is 16.7. The number of ether oxygens (including phenoxy) is 3. The normalized spacial score (nSPS) is 21.0. The first-order valence-electron chi connectivity index (χ1n) is 10.00. The number of nitrogens with one attached hydrogen (secondary N) is 2. The van der Waals surface area contributed by atoms with Crippen molar-refractivity contribution in [3.63, 3.8) is 0 Å². The smallest absolute Gasteiger partial charge is 0.338 e. The molecule has 0 spiro atoms. The van der Waals surface area contributed by atoms with Crippen LogP contribution < -0.4 is 15.4 Å². The van der Waals surface area contributed by atoms with E-state index in [1.165, 1.54) is 0 Å². The predicted molar refractivity (Wildman–Crippen MR) is 110 cm³/mol. The van der Waals surface area contributed by atoms with E-state index in [0.29, 0.717) is 29.4 Å². The highest BCUT2D eigenvalue weighted by atomic mass is 16.6. The molecule has 2 aromatic carbocycles. The Bertz CT molecular complexity index is 951. The van der Waals surface area contributed by atoms with Gasteiger partial charge in [0.05, 0.1) is 17.7 Å². The molecule has 2 aliphatic rings. The van der Waals surface area contributed by atoms with Crippen LogP contribution in [0, 0.1) is 0 Å². The Hall–Kier alpha value is -3.32. The summed E-state index contributed by atoms with van der Waals surface area (Å²) >= 11 is 0. The zero-order chi connectivity index (χ0) is 20.9. The third kappa shape index (κ3) is 4.63. The Labute approximate surface area is 175 Å². The van der Waals surface area contributed by atoms with E-state index in [4.69, 9.17) is 14.2 Å². The van der Waals surface area contributed by atoms with Gasteiger partial charge in [-0.25, -0.2) is 9.59 Å². The summed E-state index contributed by atoms with van der Waals surface area (Å²) in [7, 11) is 0. The predicted octanol–water partition coefficient (Wildman–Crippen LogP) is 3.83. The Balaban J connectivity index is 1.55. The summed E-state index contributed by atoms with van der Waals surface area (Å²) < 4.78 is 16.9. The third-order valence-corrected chi connectivity index (χ3v) is 5.08. The molecule has 0 unspecified atom stereocenters. The number of hydrogen-bond acceptors (Lipinski definition) is 5. The average Bonchev–Trinajstić information content (AvgIpc) is 3.26. The molecule has 2 amide bonds. The van der Waals surface area contributed by atoms with Crippen LogP contribution in [-0.2, 0) is 14.3 Å². The Morgan fingerprint density at radius 3 is 2.70 bits per heavy atom. The van der Waals surface area contributed by atoms with Gasteiger partial charge in [-0.2, -0.15) is 0 Å². The standard InChI is InChI=1S/C23H24N2O5/c1-15-20(22(26)29-14-19-11-6-12-28-19)21(25-23(27)24-15)16-7-5-10-18(13-16)30-17-8-3-2-4-9-17/h2-5,7-10,13,19,21H,6,11-12,14H2,1H3,(H2,24,25,27)/t19-,21-/m1/s1. The monoisotopic (exact) mass is 408 g/mol. The van der Waals surface area contributed by atoms with Crippen LogP contribution in [0.3, 0.4) is 0 Å².